The highest BCUT2D eigenvalue weighted by Crippen LogP contribution is 2.11. The van der Waals surface area contributed by atoms with Crippen molar-refractivity contribution in [2.45, 2.75) is 20.3 Å². The lowest BCUT2D eigenvalue weighted by Gasteiger charge is -2.07. The van der Waals surface area contributed by atoms with Gasteiger partial charge in [0.25, 0.3) is 0 Å². The van der Waals surface area contributed by atoms with Crippen LogP contribution in [0.4, 0.5) is 5.69 Å². The maximum Gasteiger partial charge on any atom is 0.226 e. The number of anilines is 1. The number of nitrogens with one attached hydrogen (secondary N) is 1. The van der Waals surface area contributed by atoms with E-state index in [1.165, 1.54) is 0 Å². The number of carbonyl (C=O) groups excluding carboxylic acids is 1. The molecular formula is C12H14N2O. The van der Waals surface area contributed by atoms with Crippen LogP contribution < -0.4 is 5.32 Å². The van der Waals surface area contributed by atoms with Gasteiger partial charge in [0, 0.05) is 11.6 Å². The van der Waals surface area contributed by atoms with Crippen LogP contribution in [0.25, 0.3) is 0 Å². The van der Waals surface area contributed by atoms with Gasteiger partial charge in [-0.05, 0) is 17.7 Å². The van der Waals surface area contributed by atoms with E-state index in [0.29, 0.717) is 6.42 Å². The summed E-state index contributed by atoms with van der Waals surface area (Å²) in [6.45, 7) is 3.69. The fraction of sp³-hybridized carbons (Fsp3) is 0.333. The smallest absolute Gasteiger partial charge is 0.226 e. The molecule has 0 aromatic heterocycles. The highest BCUT2D eigenvalue weighted by Gasteiger charge is 2.06. The van der Waals surface area contributed by atoms with Crippen molar-refractivity contribution in [1.82, 2.24) is 0 Å². The van der Waals surface area contributed by atoms with Gasteiger partial charge in [-0.2, -0.15) is 5.26 Å². The van der Waals surface area contributed by atoms with Crippen molar-refractivity contribution in [3.8, 4) is 6.07 Å². The van der Waals surface area contributed by atoms with E-state index in [9.17, 15) is 4.79 Å². The fourth-order valence-corrected chi connectivity index (χ4v) is 1.08. The number of nitriles is 1. The summed E-state index contributed by atoms with van der Waals surface area (Å²) in [6.07, 6.45) is 0.401. The lowest BCUT2D eigenvalue weighted by atomic mass is 10.1. The lowest BCUT2D eigenvalue weighted by molar-refractivity contribution is -0.118. The third kappa shape index (κ3) is 3.43. The first kappa shape index (κ1) is 11.3. The molecule has 15 heavy (non-hydrogen) atoms. The number of hydrogen-bond donors (Lipinski definition) is 1. The molecule has 0 heterocycles. The Bertz CT molecular complexity index is 374. The summed E-state index contributed by atoms with van der Waals surface area (Å²) in [4.78, 5) is 11.4. The van der Waals surface area contributed by atoms with Crippen LogP contribution in [0.5, 0.6) is 0 Å². The van der Waals surface area contributed by atoms with E-state index in [0.717, 1.165) is 11.3 Å². The van der Waals surface area contributed by atoms with Gasteiger partial charge in [-0.15, -0.1) is 0 Å². The standard InChI is InChI=1S/C12H14N2O/c1-9(2)12(15)14-11-5-3-10(4-6-11)7-8-13/h3-6,9H,7H2,1-2H3,(H,14,15). The maximum absolute atomic E-state index is 11.4. The number of benzene rings is 1. The quantitative estimate of drug-likeness (QED) is 0.817. The van der Waals surface area contributed by atoms with Crippen LogP contribution in [-0.2, 0) is 11.2 Å². The topological polar surface area (TPSA) is 52.9 Å². The van der Waals surface area contributed by atoms with Crippen LogP contribution in [0.15, 0.2) is 24.3 Å². The molecule has 0 spiro atoms. The second-order valence-electron chi connectivity index (χ2n) is 3.68. The number of nitrogens with zero attached hydrogens (tertiary/aromatic N) is 1. The van der Waals surface area contributed by atoms with Crippen LogP contribution >= 0.6 is 0 Å². The van der Waals surface area contributed by atoms with Gasteiger partial charge in [0.2, 0.25) is 5.91 Å². The van der Waals surface area contributed by atoms with E-state index in [-0.39, 0.29) is 11.8 Å². The summed E-state index contributed by atoms with van der Waals surface area (Å²) >= 11 is 0. The van der Waals surface area contributed by atoms with Crippen LogP contribution in [0, 0.1) is 17.2 Å². The van der Waals surface area contributed by atoms with Gasteiger partial charge in [0.15, 0.2) is 0 Å². The molecular weight excluding hydrogens is 188 g/mol. The van der Waals surface area contributed by atoms with Gasteiger partial charge < -0.3 is 5.32 Å². The second-order valence-corrected chi connectivity index (χ2v) is 3.68. The minimum atomic E-state index is -0.0243. The first-order chi connectivity index (χ1) is 7.13. The third-order valence-corrected chi connectivity index (χ3v) is 2.03. The van der Waals surface area contributed by atoms with E-state index < -0.39 is 0 Å². The Morgan fingerprint density at radius 2 is 2.00 bits per heavy atom. The molecule has 0 aliphatic rings. The molecule has 0 aliphatic heterocycles. The first-order valence-electron chi connectivity index (χ1n) is 4.90. The molecule has 1 aromatic rings. The monoisotopic (exact) mass is 202 g/mol. The lowest BCUT2D eigenvalue weighted by Crippen LogP contribution is -2.17. The van der Waals surface area contributed by atoms with Gasteiger partial charge in [-0.1, -0.05) is 26.0 Å². The van der Waals surface area contributed by atoms with Crippen LogP contribution in [0.1, 0.15) is 19.4 Å². The molecule has 0 unspecified atom stereocenters. The Morgan fingerprint density at radius 3 is 2.47 bits per heavy atom. The van der Waals surface area contributed by atoms with Crippen molar-refractivity contribution in [3.63, 3.8) is 0 Å². The van der Waals surface area contributed by atoms with Gasteiger partial charge >= 0.3 is 0 Å². The Morgan fingerprint density at radius 1 is 1.40 bits per heavy atom. The van der Waals surface area contributed by atoms with E-state index in [4.69, 9.17) is 5.26 Å². The summed E-state index contributed by atoms with van der Waals surface area (Å²) in [5, 5.41) is 11.3. The van der Waals surface area contributed by atoms with Crippen molar-refractivity contribution in [3.05, 3.63) is 29.8 Å². The summed E-state index contributed by atoms with van der Waals surface area (Å²) in [5.41, 5.74) is 1.73. The van der Waals surface area contributed by atoms with Crippen LogP contribution in [-0.4, -0.2) is 5.91 Å². The molecule has 3 heteroatoms. The van der Waals surface area contributed by atoms with Crippen LogP contribution in [0.3, 0.4) is 0 Å². The van der Waals surface area contributed by atoms with Gasteiger partial charge in [0.05, 0.1) is 12.5 Å². The van der Waals surface area contributed by atoms with Crippen molar-refractivity contribution < 1.29 is 4.79 Å². The number of amides is 1. The average Bonchev–Trinajstić information content (AvgIpc) is 2.21. The SMILES string of the molecule is CC(C)C(=O)Nc1ccc(CC#N)cc1. The average molecular weight is 202 g/mol. The molecule has 0 radical (unpaired) electrons. The molecule has 0 saturated carbocycles. The predicted molar refractivity (Wildman–Crippen MR) is 59.2 cm³/mol. The first-order valence-corrected chi connectivity index (χ1v) is 4.90. The van der Waals surface area contributed by atoms with Gasteiger partial charge in [-0.25, -0.2) is 0 Å². The Labute approximate surface area is 89.7 Å². The summed E-state index contributed by atoms with van der Waals surface area (Å²) in [5.74, 6) is -0.0215. The predicted octanol–water partition coefficient (Wildman–Crippen LogP) is 2.35. The van der Waals surface area contributed by atoms with Gasteiger partial charge in [0.1, 0.15) is 0 Å². The highest BCUT2D eigenvalue weighted by atomic mass is 16.1. The molecule has 1 aromatic carbocycles. The van der Waals surface area contributed by atoms with E-state index in [1.807, 2.05) is 38.1 Å². The molecule has 1 amide bonds. The summed E-state index contributed by atoms with van der Waals surface area (Å²) in [6, 6.07) is 9.39. The van der Waals surface area contributed by atoms with Crippen molar-refractivity contribution >= 4 is 11.6 Å². The van der Waals surface area contributed by atoms with Crippen molar-refractivity contribution in [1.29, 1.82) is 5.26 Å². The zero-order valence-corrected chi connectivity index (χ0v) is 8.95. The van der Waals surface area contributed by atoms with Crippen molar-refractivity contribution in [2.24, 2.45) is 5.92 Å². The number of carbonyl (C=O) groups is 1. The maximum atomic E-state index is 11.4. The molecule has 0 aliphatic carbocycles. The zero-order chi connectivity index (χ0) is 11.3. The van der Waals surface area contributed by atoms with E-state index in [1.54, 1.807) is 0 Å². The zero-order valence-electron chi connectivity index (χ0n) is 8.95. The molecule has 0 bridgehead atoms. The second kappa shape index (κ2) is 5.16. The minimum absolute atomic E-state index is 0.00281. The van der Waals surface area contributed by atoms with Gasteiger partial charge in [-0.3, -0.25) is 4.79 Å². The van der Waals surface area contributed by atoms with Crippen molar-refractivity contribution in [2.75, 3.05) is 5.32 Å². The molecule has 3 nitrogen and oxygen atoms in total. The Hall–Kier alpha value is -1.82. The third-order valence-electron chi connectivity index (χ3n) is 2.03. The molecule has 1 N–H and O–H groups in total. The van der Waals surface area contributed by atoms with Crippen LogP contribution in [0.2, 0.25) is 0 Å². The number of rotatable bonds is 3. The highest BCUT2D eigenvalue weighted by molar-refractivity contribution is 5.91. The summed E-state index contributed by atoms with van der Waals surface area (Å²) < 4.78 is 0. The molecule has 0 saturated heterocycles. The Kier molecular flexibility index (Phi) is 3.87. The molecule has 0 atom stereocenters. The minimum Gasteiger partial charge on any atom is -0.326 e. The number of hydrogen-bond acceptors (Lipinski definition) is 2. The molecule has 1 rings (SSSR count). The fourth-order valence-electron chi connectivity index (χ4n) is 1.08. The molecule has 0 fully saturated rings. The Balaban J connectivity index is 2.65. The summed E-state index contributed by atoms with van der Waals surface area (Å²) in [7, 11) is 0. The molecule has 78 valence electrons. The largest absolute Gasteiger partial charge is 0.326 e. The van der Waals surface area contributed by atoms with E-state index >= 15 is 0 Å². The van der Waals surface area contributed by atoms with E-state index in [2.05, 4.69) is 11.4 Å². The normalized spacial score (nSPS) is 9.73.